The third-order valence-corrected chi connectivity index (χ3v) is 2.44. The van der Waals surface area contributed by atoms with Gasteiger partial charge in [-0.3, -0.25) is 0 Å². The van der Waals surface area contributed by atoms with Crippen LogP contribution in [0.4, 0.5) is 4.79 Å². The topological polar surface area (TPSA) is 107 Å². The van der Waals surface area contributed by atoms with Crippen molar-refractivity contribution < 1.29 is 19.4 Å². The number of ether oxygens (including phenoxy) is 1. The monoisotopic (exact) mass is 249 g/mol. The molecule has 0 saturated carbocycles. The normalized spacial score (nSPS) is 10.4. The summed E-state index contributed by atoms with van der Waals surface area (Å²) in [5.74, 6) is -0.997. The first-order chi connectivity index (χ1) is 8.58. The lowest BCUT2D eigenvalue weighted by Gasteiger charge is -2.04. The fraction of sp³-hybridized carbons (Fsp3) is 0.182. The molecule has 7 nitrogen and oxygen atoms in total. The van der Waals surface area contributed by atoms with Crippen LogP contribution in [-0.4, -0.2) is 33.3 Å². The van der Waals surface area contributed by atoms with Crippen molar-refractivity contribution in [3.05, 3.63) is 30.1 Å². The number of hydrogen-bond donors (Lipinski definition) is 2. The Kier molecular flexibility index (Phi) is 3.13. The first kappa shape index (κ1) is 11.9. The van der Waals surface area contributed by atoms with Crippen molar-refractivity contribution in [2.45, 2.75) is 6.54 Å². The van der Waals surface area contributed by atoms with Crippen LogP contribution < -0.4 is 5.73 Å². The van der Waals surface area contributed by atoms with Crippen molar-refractivity contribution >= 4 is 23.1 Å². The van der Waals surface area contributed by atoms with Gasteiger partial charge in [0, 0.05) is 0 Å². The van der Waals surface area contributed by atoms with E-state index in [0.717, 1.165) is 5.52 Å². The van der Waals surface area contributed by atoms with Crippen LogP contribution in [0.5, 0.6) is 0 Å². The van der Waals surface area contributed by atoms with Crippen molar-refractivity contribution in [1.82, 2.24) is 9.55 Å². The largest absolute Gasteiger partial charge is 0.478 e. The zero-order chi connectivity index (χ0) is 13.1. The molecule has 2 aromatic rings. The number of carbonyl (C=O) groups excluding carboxylic acids is 1. The first-order valence-electron chi connectivity index (χ1n) is 5.18. The minimum atomic E-state index is -0.997. The average Bonchev–Trinajstić information content (AvgIpc) is 2.71. The maximum atomic E-state index is 10.8. The Morgan fingerprint density at radius 1 is 1.44 bits per heavy atom. The van der Waals surface area contributed by atoms with Gasteiger partial charge in [0.05, 0.1) is 29.5 Å². The molecule has 7 heteroatoms. The quantitative estimate of drug-likeness (QED) is 0.834. The predicted octanol–water partition coefficient (Wildman–Crippen LogP) is 0.830. The number of fused-ring (bicyclic) bond motifs is 1. The third-order valence-electron chi connectivity index (χ3n) is 2.44. The van der Waals surface area contributed by atoms with Gasteiger partial charge in [0.25, 0.3) is 0 Å². The Balaban J connectivity index is 2.20. The molecule has 18 heavy (non-hydrogen) atoms. The molecule has 3 N–H and O–H groups in total. The zero-order valence-corrected chi connectivity index (χ0v) is 9.37. The van der Waals surface area contributed by atoms with Gasteiger partial charge >= 0.3 is 12.1 Å². The van der Waals surface area contributed by atoms with E-state index >= 15 is 0 Å². The van der Waals surface area contributed by atoms with E-state index in [9.17, 15) is 9.59 Å². The Morgan fingerprint density at radius 3 is 2.89 bits per heavy atom. The molecule has 0 aliphatic carbocycles. The van der Waals surface area contributed by atoms with Crippen LogP contribution in [0.3, 0.4) is 0 Å². The van der Waals surface area contributed by atoms with E-state index in [1.54, 1.807) is 17.0 Å². The van der Waals surface area contributed by atoms with Crippen molar-refractivity contribution in [3.63, 3.8) is 0 Å². The summed E-state index contributed by atoms with van der Waals surface area (Å²) in [5, 5.41) is 8.85. The summed E-state index contributed by atoms with van der Waals surface area (Å²) in [7, 11) is 0. The van der Waals surface area contributed by atoms with Crippen molar-refractivity contribution in [3.8, 4) is 0 Å². The molecule has 94 valence electrons. The Morgan fingerprint density at radius 2 is 2.22 bits per heavy atom. The van der Waals surface area contributed by atoms with E-state index in [-0.39, 0.29) is 12.2 Å². The number of rotatable bonds is 4. The van der Waals surface area contributed by atoms with Gasteiger partial charge < -0.3 is 20.1 Å². The number of nitrogens with zero attached hydrogens (tertiary/aromatic N) is 2. The molecule has 1 aromatic heterocycles. The van der Waals surface area contributed by atoms with Gasteiger partial charge in [-0.05, 0) is 18.2 Å². The standard InChI is InChI=1S/C11H11N3O4/c12-11(17)18-4-3-14-6-13-8-5-7(10(15)16)1-2-9(8)14/h1-2,5-6H,3-4H2,(H2,12,17)(H,15,16). The van der Waals surface area contributed by atoms with Crippen LogP contribution in [0.15, 0.2) is 24.5 Å². The van der Waals surface area contributed by atoms with E-state index < -0.39 is 12.1 Å². The lowest BCUT2D eigenvalue weighted by molar-refractivity contribution is 0.0697. The predicted molar refractivity (Wildman–Crippen MR) is 62.2 cm³/mol. The molecule has 0 aliphatic rings. The van der Waals surface area contributed by atoms with Gasteiger partial charge in [-0.25, -0.2) is 14.6 Å². The zero-order valence-electron chi connectivity index (χ0n) is 9.37. The third kappa shape index (κ3) is 2.40. The van der Waals surface area contributed by atoms with E-state index in [1.807, 2.05) is 0 Å². The molecule has 0 unspecified atom stereocenters. The molecule has 0 fully saturated rings. The highest BCUT2D eigenvalue weighted by atomic mass is 16.5. The molecular weight excluding hydrogens is 238 g/mol. The summed E-state index contributed by atoms with van der Waals surface area (Å²) in [6.07, 6.45) is 0.730. The lowest BCUT2D eigenvalue weighted by atomic mass is 10.2. The van der Waals surface area contributed by atoms with Crippen LogP contribution in [0.1, 0.15) is 10.4 Å². The fourth-order valence-corrected chi connectivity index (χ4v) is 1.62. The number of primary amides is 1. The number of carboxylic acids is 1. The number of nitrogens with two attached hydrogens (primary N) is 1. The molecule has 0 saturated heterocycles. The summed E-state index contributed by atoms with van der Waals surface area (Å²) in [5.41, 5.74) is 6.38. The summed E-state index contributed by atoms with van der Waals surface area (Å²) in [6, 6.07) is 4.65. The lowest BCUT2D eigenvalue weighted by Crippen LogP contribution is -2.16. The van der Waals surface area contributed by atoms with Gasteiger partial charge in [-0.15, -0.1) is 0 Å². The highest BCUT2D eigenvalue weighted by molar-refractivity contribution is 5.92. The second-order valence-corrected chi connectivity index (χ2v) is 3.61. The summed E-state index contributed by atoms with van der Waals surface area (Å²) in [6.45, 7) is 0.549. The van der Waals surface area contributed by atoms with Crippen LogP contribution in [0, 0.1) is 0 Å². The molecule has 0 radical (unpaired) electrons. The molecule has 2 rings (SSSR count). The number of carboxylic acid groups (broad SMARTS) is 1. The number of amides is 1. The number of hydrogen-bond acceptors (Lipinski definition) is 4. The van der Waals surface area contributed by atoms with Gasteiger partial charge in [-0.2, -0.15) is 0 Å². The molecular formula is C11H11N3O4. The van der Waals surface area contributed by atoms with Gasteiger partial charge in [0.15, 0.2) is 0 Å². The summed E-state index contributed by atoms with van der Waals surface area (Å²) < 4.78 is 6.38. The smallest absolute Gasteiger partial charge is 0.404 e. The number of carbonyl (C=O) groups is 2. The molecule has 1 amide bonds. The minimum absolute atomic E-state index is 0.140. The van der Waals surface area contributed by atoms with Gasteiger partial charge in [0.2, 0.25) is 0 Å². The molecule has 1 aromatic carbocycles. The summed E-state index contributed by atoms with van der Waals surface area (Å²) >= 11 is 0. The maximum Gasteiger partial charge on any atom is 0.404 e. The second kappa shape index (κ2) is 4.74. The number of aromatic carboxylic acids is 1. The van der Waals surface area contributed by atoms with Gasteiger partial charge in [-0.1, -0.05) is 0 Å². The average molecular weight is 249 g/mol. The van der Waals surface area contributed by atoms with E-state index in [0.29, 0.717) is 12.1 Å². The Labute approximate surface area is 102 Å². The van der Waals surface area contributed by atoms with E-state index in [4.69, 9.17) is 10.8 Å². The van der Waals surface area contributed by atoms with Crippen LogP contribution in [-0.2, 0) is 11.3 Å². The Hall–Kier alpha value is -2.57. The Bertz CT molecular complexity index is 605. The molecule has 0 bridgehead atoms. The van der Waals surface area contributed by atoms with Crippen molar-refractivity contribution in [2.24, 2.45) is 5.73 Å². The highest BCUT2D eigenvalue weighted by Crippen LogP contribution is 2.14. The molecule has 0 aliphatic heterocycles. The molecule has 1 heterocycles. The number of aromatic nitrogens is 2. The summed E-state index contributed by atoms with van der Waals surface area (Å²) in [4.78, 5) is 25.3. The fourth-order valence-electron chi connectivity index (χ4n) is 1.62. The highest BCUT2D eigenvalue weighted by Gasteiger charge is 2.07. The van der Waals surface area contributed by atoms with Crippen molar-refractivity contribution in [1.29, 1.82) is 0 Å². The van der Waals surface area contributed by atoms with E-state index in [1.165, 1.54) is 12.1 Å². The van der Waals surface area contributed by atoms with Crippen LogP contribution in [0.2, 0.25) is 0 Å². The minimum Gasteiger partial charge on any atom is -0.478 e. The maximum absolute atomic E-state index is 10.8. The first-order valence-corrected chi connectivity index (χ1v) is 5.18. The SMILES string of the molecule is NC(=O)OCCn1cnc2cc(C(=O)O)ccc21. The van der Waals surface area contributed by atoms with Crippen LogP contribution in [0.25, 0.3) is 11.0 Å². The second-order valence-electron chi connectivity index (χ2n) is 3.61. The number of benzene rings is 1. The van der Waals surface area contributed by atoms with Crippen molar-refractivity contribution in [2.75, 3.05) is 6.61 Å². The number of imidazole rings is 1. The van der Waals surface area contributed by atoms with Crippen LogP contribution >= 0.6 is 0 Å². The molecule has 0 atom stereocenters. The van der Waals surface area contributed by atoms with E-state index in [2.05, 4.69) is 9.72 Å². The molecule has 0 spiro atoms. The van der Waals surface area contributed by atoms with Gasteiger partial charge in [0.1, 0.15) is 6.61 Å².